The number of nitrogens with zero attached hydrogens (tertiary/aromatic N) is 5. The highest BCUT2D eigenvalue weighted by molar-refractivity contribution is 7.13. The first-order valence-electron chi connectivity index (χ1n) is 17.3. The summed E-state index contributed by atoms with van der Waals surface area (Å²) in [5.74, 6) is -2.38. The topological polar surface area (TPSA) is 169 Å². The number of benzene rings is 1. The average Bonchev–Trinajstić information content (AvgIpc) is 3.72. The highest BCUT2D eigenvalue weighted by atomic mass is 32.1. The Bertz CT molecular complexity index is 1970. The van der Waals surface area contributed by atoms with Crippen LogP contribution in [0.2, 0.25) is 0 Å². The summed E-state index contributed by atoms with van der Waals surface area (Å²) >= 11 is 3.02. The normalized spacial score (nSPS) is 26.4. The van der Waals surface area contributed by atoms with Crippen molar-refractivity contribution in [3.63, 3.8) is 0 Å². The largest absolute Gasteiger partial charge is 0.479 e. The minimum Gasteiger partial charge on any atom is -0.479 e. The van der Waals surface area contributed by atoms with Gasteiger partial charge in [-0.05, 0) is 65.0 Å². The van der Waals surface area contributed by atoms with Gasteiger partial charge in [-0.3, -0.25) is 9.59 Å². The zero-order chi connectivity index (χ0) is 35.9. The molecule has 1 aromatic carbocycles. The van der Waals surface area contributed by atoms with Gasteiger partial charge in [0.2, 0.25) is 11.8 Å². The minimum atomic E-state index is -1.43. The van der Waals surface area contributed by atoms with Gasteiger partial charge in [-0.1, -0.05) is 25.0 Å². The number of imidazole rings is 1. The first-order chi connectivity index (χ1) is 24.4. The van der Waals surface area contributed by atoms with E-state index >= 15 is 0 Å². The lowest BCUT2D eigenvalue weighted by molar-refractivity contribution is -0.145. The highest BCUT2D eigenvalue weighted by Crippen LogP contribution is 2.46. The molecular formula is C36H41N7O6S2. The number of carbonyl (C=O) groups is 4. The Kier molecular flexibility index (Phi) is 9.44. The Morgan fingerprint density at radius 1 is 1.06 bits per heavy atom. The maximum atomic E-state index is 14.5. The van der Waals surface area contributed by atoms with Crippen molar-refractivity contribution >= 4 is 57.6 Å². The number of amides is 3. The number of thiazole rings is 2. The number of aromatic nitrogens is 4. The van der Waals surface area contributed by atoms with Crippen LogP contribution in [0.1, 0.15) is 71.8 Å². The molecule has 51 heavy (non-hydrogen) atoms. The van der Waals surface area contributed by atoms with Crippen molar-refractivity contribution in [2.75, 3.05) is 6.54 Å². The molecule has 3 aliphatic rings. The van der Waals surface area contributed by atoms with Gasteiger partial charge in [-0.15, -0.1) is 22.7 Å². The van der Waals surface area contributed by atoms with Crippen molar-refractivity contribution in [1.29, 1.82) is 0 Å². The first-order valence-corrected chi connectivity index (χ1v) is 19.0. The number of nitrogens with one attached hydrogen (secondary N) is 2. The van der Waals surface area contributed by atoms with E-state index in [2.05, 4.69) is 20.6 Å². The number of carbonyl (C=O) groups excluding carboxylic acids is 3. The minimum absolute atomic E-state index is 0.145. The fourth-order valence-electron chi connectivity index (χ4n) is 7.16. The van der Waals surface area contributed by atoms with Gasteiger partial charge >= 0.3 is 12.1 Å². The summed E-state index contributed by atoms with van der Waals surface area (Å²) in [5, 5.41) is 21.3. The van der Waals surface area contributed by atoms with Gasteiger partial charge in [0.25, 0.3) is 0 Å². The second-order valence-electron chi connectivity index (χ2n) is 14.5. The standard InChI is InChI=1S/C36H41N7O6S2/c1-35(2,3)49-34(48)40-25-10-8-6-4-5-7-9-22-18-36(22,33(46)47)41-29(44)27-17-23(19-42(27)32(25)45)43-20-39-28-24(31-38-12-14-51-31)15-21(16-26(28)43)30-37-11-13-50-30/h7,9,11-16,20,22-23,25,27H,4-6,8,10,17-19H2,1-3H3,(H,40,48)(H,41,44)(H,46,47)/b9-7-/t22-,23+,25+,27-,36?/m0/s1. The number of hydrogen-bond acceptors (Lipinski definition) is 10. The summed E-state index contributed by atoms with van der Waals surface area (Å²) in [6, 6.07) is 1.73. The lowest BCUT2D eigenvalue weighted by Crippen LogP contribution is -2.56. The van der Waals surface area contributed by atoms with E-state index in [-0.39, 0.29) is 31.3 Å². The van der Waals surface area contributed by atoms with Crippen molar-refractivity contribution in [2.24, 2.45) is 5.92 Å². The molecule has 1 saturated carbocycles. The molecule has 3 N–H and O–H groups in total. The zero-order valence-corrected chi connectivity index (χ0v) is 30.3. The van der Waals surface area contributed by atoms with E-state index in [9.17, 15) is 24.3 Å². The van der Waals surface area contributed by atoms with E-state index in [1.807, 2.05) is 39.6 Å². The zero-order valence-electron chi connectivity index (χ0n) is 28.7. The number of rotatable bonds is 5. The molecule has 0 radical (unpaired) electrons. The van der Waals surface area contributed by atoms with Crippen molar-refractivity contribution in [3.05, 3.63) is 53.8 Å². The number of hydrogen-bond donors (Lipinski definition) is 3. The predicted octanol–water partition coefficient (Wildman–Crippen LogP) is 5.80. The average molecular weight is 732 g/mol. The Balaban J connectivity index is 1.27. The molecule has 5 heterocycles. The van der Waals surface area contributed by atoms with Crippen molar-refractivity contribution in [1.82, 2.24) is 35.1 Å². The Morgan fingerprint density at radius 2 is 1.82 bits per heavy atom. The fraction of sp³-hybridized carbons (Fsp3) is 0.472. The number of carboxylic acids is 1. The van der Waals surface area contributed by atoms with Crippen LogP contribution in [0.5, 0.6) is 0 Å². The molecule has 1 aliphatic carbocycles. The van der Waals surface area contributed by atoms with E-state index in [4.69, 9.17) is 9.72 Å². The molecule has 4 aromatic rings. The van der Waals surface area contributed by atoms with Crippen molar-refractivity contribution in [3.8, 4) is 21.1 Å². The summed E-state index contributed by atoms with van der Waals surface area (Å²) in [7, 11) is 0. The van der Waals surface area contributed by atoms with E-state index in [1.165, 1.54) is 27.6 Å². The van der Waals surface area contributed by atoms with Gasteiger partial charge in [-0.25, -0.2) is 24.5 Å². The van der Waals surface area contributed by atoms with E-state index in [0.29, 0.717) is 12.8 Å². The van der Waals surface area contributed by atoms with E-state index in [0.717, 1.165) is 51.4 Å². The maximum absolute atomic E-state index is 14.5. The van der Waals surface area contributed by atoms with Crippen LogP contribution in [0.3, 0.4) is 0 Å². The molecule has 15 heteroatoms. The van der Waals surface area contributed by atoms with Crippen LogP contribution in [-0.4, -0.2) is 83.2 Å². The second kappa shape index (κ2) is 13.8. The maximum Gasteiger partial charge on any atom is 0.408 e. The molecule has 3 aromatic heterocycles. The Labute approximate surface area is 303 Å². The lowest BCUT2D eigenvalue weighted by atomic mass is 10.0. The number of alkyl carbamates (subject to hydrolysis) is 1. The lowest BCUT2D eigenvalue weighted by Gasteiger charge is -2.30. The molecule has 1 unspecified atom stereocenters. The summed E-state index contributed by atoms with van der Waals surface area (Å²) in [5.41, 5.74) is 1.07. The summed E-state index contributed by atoms with van der Waals surface area (Å²) < 4.78 is 7.51. The van der Waals surface area contributed by atoms with Crippen LogP contribution < -0.4 is 10.6 Å². The predicted molar refractivity (Wildman–Crippen MR) is 193 cm³/mol. The summed E-state index contributed by atoms with van der Waals surface area (Å²) in [6.45, 7) is 5.40. The SMILES string of the molecule is CC(C)(C)OC(=O)N[C@@H]1CCCCC/C=C\[C@H]2CC2(C(=O)O)NC(=O)[C@@H]2C[C@@H](n3cnc4c(-c5nccs5)cc(-c5nccs5)cc43)CN2C1=O. The van der Waals surface area contributed by atoms with Crippen LogP contribution in [0, 0.1) is 5.92 Å². The number of aliphatic carboxylic acids is 1. The van der Waals surface area contributed by atoms with Crippen LogP contribution in [0.4, 0.5) is 4.79 Å². The Hall–Kier alpha value is -4.63. The molecule has 268 valence electrons. The summed E-state index contributed by atoms with van der Waals surface area (Å²) in [4.78, 5) is 69.7. The van der Waals surface area contributed by atoms with Crippen molar-refractivity contribution in [2.45, 2.75) is 95.0 Å². The van der Waals surface area contributed by atoms with Crippen LogP contribution >= 0.6 is 22.7 Å². The third-order valence-corrected chi connectivity index (χ3v) is 11.4. The third kappa shape index (κ3) is 7.13. The van der Waals surface area contributed by atoms with Crippen LogP contribution in [0.15, 0.2) is 53.8 Å². The number of allylic oxidation sites excluding steroid dienone is 1. The number of fused-ring (bicyclic) bond motifs is 3. The smallest absolute Gasteiger partial charge is 0.408 e. The molecule has 2 aliphatic heterocycles. The number of ether oxygens (including phenoxy) is 1. The monoisotopic (exact) mass is 731 g/mol. The second-order valence-corrected chi connectivity index (χ2v) is 16.2. The molecule has 2 fully saturated rings. The Morgan fingerprint density at radius 3 is 2.53 bits per heavy atom. The highest BCUT2D eigenvalue weighted by Gasteiger charge is 2.61. The quantitative estimate of drug-likeness (QED) is 0.215. The van der Waals surface area contributed by atoms with Crippen molar-refractivity contribution < 1.29 is 29.0 Å². The molecule has 1 saturated heterocycles. The molecule has 0 spiro atoms. The van der Waals surface area contributed by atoms with Gasteiger partial charge in [-0.2, -0.15) is 0 Å². The van der Waals surface area contributed by atoms with Gasteiger partial charge in [0.15, 0.2) is 0 Å². The van der Waals surface area contributed by atoms with Gasteiger partial charge in [0, 0.05) is 46.7 Å². The molecule has 0 bridgehead atoms. The van der Waals surface area contributed by atoms with Crippen LogP contribution in [-0.2, 0) is 19.1 Å². The molecule has 5 atom stereocenters. The molecular weight excluding hydrogens is 691 g/mol. The molecule has 13 nitrogen and oxygen atoms in total. The van der Waals surface area contributed by atoms with Gasteiger partial charge < -0.3 is 29.9 Å². The molecule has 7 rings (SSSR count). The van der Waals surface area contributed by atoms with E-state index < -0.39 is 47.1 Å². The summed E-state index contributed by atoms with van der Waals surface area (Å²) in [6.07, 6.45) is 12.3. The van der Waals surface area contributed by atoms with Gasteiger partial charge in [0.1, 0.15) is 33.2 Å². The first kappa shape index (κ1) is 34.8. The van der Waals surface area contributed by atoms with Gasteiger partial charge in [0.05, 0.1) is 23.4 Å². The third-order valence-electron chi connectivity index (χ3n) is 9.74. The van der Waals surface area contributed by atoms with Crippen LogP contribution in [0.25, 0.3) is 32.2 Å². The van der Waals surface area contributed by atoms with E-state index in [1.54, 1.807) is 39.5 Å². The fourth-order valence-corrected chi connectivity index (χ4v) is 8.44. The number of carboxylic acid groups (broad SMARTS) is 1. The molecule has 3 amide bonds.